The smallest absolute Gasteiger partial charge is 0.433 e. The minimum Gasteiger partial charge on any atom is -0.439 e. The SMILES string of the molecule is Cc1cccc(Oc2cc(C(F)(F)F)nc(SCc3cccc(Cl)c3)n2)c1. The highest BCUT2D eigenvalue weighted by Crippen LogP contribution is 2.33. The Kier molecular flexibility index (Phi) is 5.92. The highest BCUT2D eigenvalue weighted by Gasteiger charge is 2.34. The van der Waals surface area contributed by atoms with E-state index in [1.54, 1.807) is 36.4 Å². The lowest BCUT2D eigenvalue weighted by atomic mass is 10.2. The highest BCUT2D eigenvalue weighted by atomic mass is 35.5. The van der Waals surface area contributed by atoms with Crippen LogP contribution in [0.5, 0.6) is 11.6 Å². The summed E-state index contributed by atoms with van der Waals surface area (Å²) in [6, 6.07) is 14.9. The number of rotatable bonds is 5. The topological polar surface area (TPSA) is 35.0 Å². The first-order valence-electron chi connectivity index (χ1n) is 7.88. The summed E-state index contributed by atoms with van der Waals surface area (Å²) in [5.74, 6) is 0.635. The molecule has 1 aromatic heterocycles. The van der Waals surface area contributed by atoms with E-state index in [0.29, 0.717) is 16.5 Å². The molecule has 0 atom stereocenters. The fourth-order valence-corrected chi connectivity index (χ4v) is 3.25. The lowest BCUT2D eigenvalue weighted by Crippen LogP contribution is -2.10. The molecule has 0 spiro atoms. The van der Waals surface area contributed by atoms with Crippen LogP contribution < -0.4 is 4.74 Å². The van der Waals surface area contributed by atoms with Crippen molar-refractivity contribution in [3.05, 3.63) is 76.4 Å². The van der Waals surface area contributed by atoms with Crippen molar-refractivity contribution in [1.29, 1.82) is 0 Å². The maximum absolute atomic E-state index is 13.2. The number of halogens is 4. The number of aryl methyl sites for hydroxylation is 1. The average molecular weight is 411 g/mol. The van der Waals surface area contributed by atoms with Gasteiger partial charge in [0, 0.05) is 16.8 Å². The van der Waals surface area contributed by atoms with E-state index in [2.05, 4.69) is 9.97 Å². The molecule has 0 aliphatic carbocycles. The quantitative estimate of drug-likeness (QED) is 0.353. The van der Waals surface area contributed by atoms with E-state index in [4.69, 9.17) is 16.3 Å². The van der Waals surface area contributed by atoms with Crippen LogP contribution in [0.15, 0.2) is 59.8 Å². The summed E-state index contributed by atoms with van der Waals surface area (Å²) in [7, 11) is 0. The van der Waals surface area contributed by atoms with E-state index < -0.39 is 11.9 Å². The van der Waals surface area contributed by atoms with Gasteiger partial charge in [-0.05, 0) is 42.3 Å². The second-order valence-corrected chi connectivity index (χ2v) is 7.09. The zero-order valence-corrected chi connectivity index (χ0v) is 15.7. The molecule has 27 heavy (non-hydrogen) atoms. The van der Waals surface area contributed by atoms with Gasteiger partial charge in [-0.2, -0.15) is 18.2 Å². The third-order valence-corrected chi connectivity index (χ3v) is 4.60. The largest absolute Gasteiger partial charge is 0.439 e. The number of benzene rings is 2. The molecule has 0 aliphatic heterocycles. The van der Waals surface area contributed by atoms with E-state index in [1.807, 2.05) is 19.1 Å². The summed E-state index contributed by atoms with van der Waals surface area (Å²) in [5.41, 5.74) is 0.733. The molecule has 0 saturated heterocycles. The van der Waals surface area contributed by atoms with Gasteiger partial charge >= 0.3 is 6.18 Å². The molecule has 0 N–H and O–H groups in total. The molecule has 140 valence electrons. The van der Waals surface area contributed by atoms with Crippen molar-refractivity contribution < 1.29 is 17.9 Å². The molecule has 0 fully saturated rings. The molecule has 0 bridgehead atoms. The lowest BCUT2D eigenvalue weighted by Gasteiger charge is -2.11. The number of hydrogen-bond acceptors (Lipinski definition) is 4. The summed E-state index contributed by atoms with van der Waals surface area (Å²) < 4.78 is 45.1. The van der Waals surface area contributed by atoms with Crippen molar-refractivity contribution in [2.75, 3.05) is 0 Å². The van der Waals surface area contributed by atoms with E-state index in [9.17, 15) is 13.2 Å². The molecule has 3 aromatic rings. The van der Waals surface area contributed by atoms with Crippen LogP contribution in [-0.4, -0.2) is 9.97 Å². The minimum atomic E-state index is -4.60. The molecule has 3 rings (SSSR count). The van der Waals surface area contributed by atoms with Crippen LogP contribution in [0, 0.1) is 6.92 Å². The van der Waals surface area contributed by atoms with Gasteiger partial charge in [0.15, 0.2) is 10.9 Å². The van der Waals surface area contributed by atoms with Crippen LogP contribution in [0.25, 0.3) is 0 Å². The van der Waals surface area contributed by atoms with E-state index in [-0.39, 0.29) is 11.0 Å². The summed E-state index contributed by atoms with van der Waals surface area (Å²) in [5, 5.41) is 0.536. The molecular weight excluding hydrogens is 397 g/mol. The van der Waals surface area contributed by atoms with Gasteiger partial charge in [-0.25, -0.2) is 4.98 Å². The van der Waals surface area contributed by atoms with Crippen molar-refractivity contribution >= 4 is 23.4 Å². The van der Waals surface area contributed by atoms with E-state index in [1.165, 1.54) is 0 Å². The molecule has 0 amide bonds. The van der Waals surface area contributed by atoms with Crippen molar-refractivity contribution in [1.82, 2.24) is 9.97 Å². The minimum absolute atomic E-state index is 0.0209. The molecule has 2 aromatic carbocycles. The van der Waals surface area contributed by atoms with E-state index in [0.717, 1.165) is 29.0 Å². The monoisotopic (exact) mass is 410 g/mol. The predicted octanol–water partition coefficient (Wildman–Crippen LogP) is 6.54. The second kappa shape index (κ2) is 8.19. The molecule has 0 aliphatic rings. The zero-order valence-electron chi connectivity index (χ0n) is 14.1. The summed E-state index contributed by atoms with van der Waals surface area (Å²) in [4.78, 5) is 7.72. The first-order chi connectivity index (χ1) is 12.8. The van der Waals surface area contributed by atoms with Gasteiger partial charge in [-0.15, -0.1) is 0 Å². The third kappa shape index (κ3) is 5.61. The number of ether oxygens (including phenoxy) is 1. The number of nitrogens with zero attached hydrogens (tertiary/aromatic N) is 2. The fourth-order valence-electron chi connectivity index (χ4n) is 2.24. The molecule has 1 heterocycles. The van der Waals surface area contributed by atoms with Crippen LogP contribution in [0.2, 0.25) is 5.02 Å². The van der Waals surface area contributed by atoms with Crippen molar-refractivity contribution in [2.45, 2.75) is 24.0 Å². The van der Waals surface area contributed by atoms with Gasteiger partial charge in [0.25, 0.3) is 0 Å². The zero-order chi connectivity index (χ0) is 19.4. The molecule has 3 nitrogen and oxygen atoms in total. The normalized spacial score (nSPS) is 11.4. The fraction of sp³-hybridized carbons (Fsp3) is 0.158. The van der Waals surface area contributed by atoms with Crippen LogP contribution in [0.1, 0.15) is 16.8 Å². The Labute approximate surface area is 163 Å². The number of aromatic nitrogens is 2. The first-order valence-corrected chi connectivity index (χ1v) is 9.24. The summed E-state index contributed by atoms with van der Waals surface area (Å²) in [6.45, 7) is 1.86. The third-order valence-electron chi connectivity index (χ3n) is 3.44. The standard InChI is InChI=1S/C19H14ClF3N2OS/c1-12-4-2-7-15(8-12)26-17-10-16(19(21,22)23)24-18(25-17)27-11-13-5-3-6-14(20)9-13/h2-10H,11H2,1H3. The molecular formula is C19H14ClF3N2OS. The van der Waals surface area contributed by atoms with Crippen LogP contribution >= 0.6 is 23.4 Å². The second-order valence-electron chi connectivity index (χ2n) is 5.71. The summed E-state index contributed by atoms with van der Waals surface area (Å²) in [6.07, 6.45) is -4.60. The Balaban J connectivity index is 1.86. The Morgan fingerprint density at radius 3 is 2.52 bits per heavy atom. The van der Waals surface area contributed by atoms with Crippen LogP contribution in [0.3, 0.4) is 0 Å². The van der Waals surface area contributed by atoms with Crippen LogP contribution in [0.4, 0.5) is 13.2 Å². The predicted molar refractivity (Wildman–Crippen MR) is 99.3 cm³/mol. The Morgan fingerprint density at radius 2 is 1.81 bits per heavy atom. The van der Waals surface area contributed by atoms with Gasteiger partial charge in [0.05, 0.1) is 0 Å². The molecule has 0 unspecified atom stereocenters. The molecule has 0 radical (unpaired) electrons. The highest BCUT2D eigenvalue weighted by molar-refractivity contribution is 7.98. The van der Waals surface area contributed by atoms with Gasteiger partial charge in [-0.3, -0.25) is 0 Å². The van der Waals surface area contributed by atoms with Crippen LogP contribution in [-0.2, 0) is 11.9 Å². The number of alkyl halides is 3. The van der Waals surface area contributed by atoms with Crippen molar-refractivity contribution in [3.8, 4) is 11.6 Å². The Bertz CT molecular complexity index is 950. The van der Waals surface area contributed by atoms with Gasteiger partial charge < -0.3 is 4.74 Å². The number of thioether (sulfide) groups is 1. The maximum Gasteiger partial charge on any atom is 0.433 e. The Morgan fingerprint density at radius 1 is 1.04 bits per heavy atom. The number of hydrogen-bond donors (Lipinski definition) is 0. The van der Waals surface area contributed by atoms with E-state index >= 15 is 0 Å². The van der Waals surface area contributed by atoms with Crippen molar-refractivity contribution in [2.24, 2.45) is 0 Å². The van der Waals surface area contributed by atoms with Gasteiger partial charge in [-0.1, -0.05) is 47.6 Å². The lowest BCUT2D eigenvalue weighted by molar-refractivity contribution is -0.141. The van der Waals surface area contributed by atoms with Gasteiger partial charge in [0.1, 0.15) is 5.75 Å². The van der Waals surface area contributed by atoms with Gasteiger partial charge in [0.2, 0.25) is 5.88 Å². The average Bonchev–Trinajstić information content (AvgIpc) is 2.59. The maximum atomic E-state index is 13.2. The molecule has 0 saturated carbocycles. The summed E-state index contributed by atoms with van der Waals surface area (Å²) >= 11 is 7.01. The van der Waals surface area contributed by atoms with Crippen molar-refractivity contribution in [3.63, 3.8) is 0 Å². The Hall–Kier alpha value is -2.25. The first kappa shape index (κ1) is 19.5. The molecule has 8 heteroatoms.